The molecule has 27 heavy (non-hydrogen) atoms. The zero-order valence-corrected chi connectivity index (χ0v) is 15.2. The van der Waals surface area contributed by atoms with Gasteiger partial charge in [0, 0.05) is 18.4 Å². The molecule has 0 unspecified atom stereocenters. The summed E-state index contributed by atoms with van der Waals surface area (Å²) in [5.41, 5.74) is -0.280. The SMILES string of the molecule is CN(Cc1noc(C2CCCC2)n1)C(=O)Cn1ncc2ccccc2c1=O. The van der Waals surface area contributed by atoms with Crippen LogP contribution in [0, 0.1) is 0 Å². The molecular formula is C19H21N5O3. The highest BCUT2D eigenvalue weighted by molar-refractivity contribution is 5.81. The minimum atomic E-state index is -0.280. The molecule has 1 aromatic carbocycles. The molecule has 0 atom stereocenters. The summed E-state index contributed by atoms with van der Waals surface area (Å²) >= 11 is 0. The van der Waals surface area contributed by atoms with E-state index in [1.807, 2.05) is 12.1 Å². The van der Waals surface area contributed by atoms with Crippen molar-refractivity contribution < 1.29 is 9.32 Å². The van der Waals surface area contributed by atoms with Gasteiger partial charge in [0.05, 0.1) is 18.1 Å². The van der Waals surface area contributed by atoms with E-state index in [0.29, 0.717) is 23.0 Å². The van der Waals surface area contributed by atoms with Crippen LogP contribution in [-0.4, -0.2) is 37.8 Å². The van der Waals surface area contributed by atoms with Gasteiger partial charge in [0.2, 0.25) is 11.8 Å². The summed E-state index contributed by atoms with van der Waals surface area (Å²) in [4.78, 5) is 30.9. The van der Waals surface area contributed by atoms with Crippen LogP contribution < -0.4 is 5.56 Å². The van der Waals surface area contributed by atoms with Crippen molar-refractivity contribution in [3.8, 4) is 0 Å². The molecular weight excluding hydrogens is 346 g/mol. The van der Waals surface area contributed by atoms with Crippen LogP contribution in [0.2, 0.25) is 0 Å². The lowest BCUT2D eigenvalue weighted by Crippen LogP contribution is -2.35. The average Bonchev–Trinajstić information content (AvgIpc) is 3.36. The molecule has 1 fully saturated rings. The molecule has 1 saturated carbocycles. The Balaban J connectivity index is 1.44. The maximum Gasteiger partial charge on any atom is 0.275 e. The summed E-state index contributed by atoms with van der Waals surface area (Å²) in [6.45, 7) is 0.102. The Morgan fingerprint density at radius 2 is 2.07 bits per heavy atom. The predicted molar refractivity (Wildman–Crippen MR) is 98.0 cm³/mol. The third-order valence-electron chi connectivity index (χ3n) is 5.04. The van der Waals surface area contributed by atoms with Gasteiger partial charge in [0.25, 0.3) is 5.56 Å². The zero-order chi connectivity index (χ0) is 18.8. The molecule has 0 bridgehead atoms. The van der Waals surface area contributed by atoms with Gasteiger partial charge in [-0.05, 0) is 18.9 Å². The fourth-order valence-corrected chi connectivity index (χ4v) is 3.46. The first-order chi connectivity index (χ1) is 13.1. The van der Waals surface area contributed by atoms with Gasteiger partial charge in [-0.2, -0.15) is 10.1 Å². The quantitative estimate of drug-likeness (QED) is 0.685. The van der Waals surface area contributed by atoms with Crippen molar-refractivity contribution in [2.45, 2.75) is 44.7 Å². The van der Waals surface area contributed by atoms with E-state index in [1.165, 1.54) is 22.4 Å². The number of benzene rings is 1. The Morgan fingerprint density at radius 3 is 2.89 bits per heavy atom. The summed E-state index contributed by atoms with van der Waals surface area (Å²) in [5, 5.41) is 9.38. The third-order valence-corrected chi connectivity index (χ3v) is 5.04. The molecule has 0 N–H and O–H groups in total. The molecule has 0 aliphatic heterocycles. The number of fused-ring (bicyclic) bond motifs is 1. The number of amides is 1. The van der Waals surface area contributed by atoms with E-state index in [2.05, 4.69) is 15.2 Å². The average molecular weight is 367 g/mol. The van der Waals surface area contributed by atoms with Gasteiger partial charge < -0.3 is 9.42 Å². The van der Waals surface area contributed by atoms with E-state index in [1.54, 1.807) is 25.4 Å². The fraction of sp³-hybridized carbons (Fsp3) is 0.421. The molecule has 4 rings (SSSR count). The standard InChI is InChI=1S/C19H21N5O3/c1-23(11-16-21-18(27-22-16)13-6-2-3-7-13)17(25)12-24-19(26)15-9-5-4-8-14(15)10-20-24/h4-5,8-10,13H,2-3,6-7,11-12H2,1H3. The highest BCUT2D eigenvalue weighted by Crippen LogP contribution is 2.32. The smallest absolute Gasteiger partial charge is 0.275 e. The van der Waals surface area contributed by atoms with Crippen molar-refractivity contribution >= 4 is 16.7 Å². The Bertz CT molecular complexity index is 1020. The number of nitrogens with zero attached hydrogens (tertiary/aromatic N) is 5. The van der Waals surface area contributed by atoms with Crippen LogP contribution in [-0.2, 0) is 17.9 Å². The monoisotopic (exact) mass is 367 g/mol. The molecule has 8 heteroatoms. The van der Waals surface area contributed by atoms with E-state index < -0.39 is 0 Å². The van der Waals surface area contributed by atoms with E-state index in [9.17, 15) is 9.59 Å². The molecule has 1 amide bonds. The molecule has 2 aromatic heterocycles. The molecule has 0 spiro atoms. The van der Waals surface area contributed by atoms with Gasteiger partial charge in [-0.3, -0.25) is 9.59 Å². The molecule has 0 radical (unpaired) electrons. The van der Waals surface area contributed by atoms with Crippen LogP contribution in [0.4, 0.5) is 0 Å². The molecule has 2 heterocycles. The number of carbonyl (C=O) groups is 1. The second-order valence-electron chi connectivity index (χ2n) is 6.97. The number of hydrogen-bond acceptors (Lipinski definition) is 6. The zero-order valence-electron chi connectivity index (χ0n) is 15.2. The number of rotatable bonds is 5. The minimum absolute atomic E-state index is 0.131. The Labute approximate surface area is 155 Å². The van der Waals surface area contributed by atoms with Gasteiger partial charge >= 0.3 is 0 Å². The number of aromatic nitrogens is 4. The second kappa shape index (κ2) is 7.30. The predicted octanol–water partition coefficient (Wildman–Crippen LogP) is 2.10. The summed E-state index contributed by atoms with van der Waals surface area (Å²) in [7, 11) is 1.65. The van der Waals surface area contributed by atoms with Crippen molar-refractivity contribution in [1.29, 1.82) is 0 Å². The van der Waals surface area contributed by atoms with Gasteiger partial charge in [0.1, 0.15) is 6.54 Å². The summed E-state index contributed by atoms with van der Waals surface area (Å²) in [5.74, 6) is 1.24. The first-order valence-corrected chi connectivity index (χ1v) is 9.13. The minimum Gasteiger partial charge on any atom is -0.339 e. The first kappa shape index (κ1) is 17.4. The van der Waals surface area contributed by atoms with Gasteiger partial charge in [0.15, 0.2) is 5.82 Å². The largest absolute Gasteiger partial charge is 0.339 e. The summed E-state index contributed by atoms with van der Waals surface area (Å²) < 4.78 is 6.53. The van der Waals surface area contributed by atoms with Crippen molar-refractivity contribution in [3.63, 3.8) is 0 Å². The highest BCUT2D eigenvalue weighted by atomic mass is 16.5. The first-order valence-electron chi connectivity index (χ1n) is 9.13. The molecule has 8 nitrogen and oxygen atoms in total. The Morgan fingerprint density at radius 1 is 1.30 bits per heavy atom. The molecule has 0 saturated heterocycles. The summed E-state index contributed by atoms with van der Waals surface area (Å²) in [6, 6.07) is 7.19. The maximum absolute atomic E-state index is 12.5. The van der Waals surface area contributed by atoms with Crippen LogP contribution >= 0.6 is 0 Å². The van der Waals surface area contributed by atoms with Crippen LogP contribution in [0.1, 0.15) is 43.3 Å². The highest BCUT2D eigenvalue weighted by Gasteiger charge is 2.23. The molecule has 1 aliphatic rings. The van der Waals surface area contributed by atoms with E-state index in [0.717, 1.165) is 18.2 Å². The van der Waals surface area contributed by atoms with E-state index in [4.69, 9.17) is 4.52 Å². The second-order valence-corrected chi connectivity index (χ2v) is 6.97. The van der Waals surface area contributed by atoms with Gasteiger partial charge in [-0.1, -0.05) is 36.2 Å². The Hall–Kier alpha value is -3.03. The lowest BCUT2D eigenvalue weighted by molar-refractivity contribution is -0.131. The fourth-order valence-electron chi connectivity index (χ4n) is 3.46. The lowest BCUT2D eigenvalue weighted by atomic mass is 10.1. The third kappa shape index (κ3) is 3.60. The molecule has 1 aliphatic carbocycles. The van der Waals surface area contributed by atoms with Crippen LogP contribution in [0.25, 0.3) is 10.8 Å². The van der Waals surface area contributed by atoms with Crippen molar-refractivity contribution in [1.82, 2.24) is 24.8 Å². The van der Waals surface area contributed by atoms with Crippen molar-refractivity contribution in [2.24, 2.45) is 0 Å². The maximum atomic E-state index is 12.5. The number of hydrogen-bond donors (Lipinski definition) is 0. The van der Waals surface area contributed by atoms with Crippen LogP contribution in [0.15, 0.2) is 39.8 Å². The molecule has 3 aromatic rings. The molecule has 140 valence electrons. The van der Waals surface area contributed by atoms with Gasteiger partial charge in [-0.15, -0.1) is 0 Å². The summed E-state index contributed by atoms with van der Waals surface area (Å²) in [6.07, 6.45) is 6.12. The van der Waals surface area contributed by atoms with E-state index in [-0.39, 0.29) is 24.6 Å². The van der Waals surface area contributed by atoms with E-state index >= 15 is 0 Å². The van der Waals surface area contributed by atoms with Crippen LogP contribution in [0.5, 0.6) is 0 Å². The van der Waals surface area contributed by atoms with Gasteiger partial charge in [-0.25, -0.2) is 4.68 Å². The lowest BCUT2D eigenvalue weighted by Gasteiger charge is -2.15. The Kier molecular flexibility index (Phi) is 4.70. The normalized spacial score (nSPS) is 14.7. The van der Waals surface area contributed by atoms with Crippen LogP contribution in [0.3, 0.4) is 0 Å². The topological polar surface area (TPSA) is 94.1 Å². The number of carbonyl (C=O) groups excluding carboxylic acids is 1. The van der Waals surface area contributed by atoms with Crippen molar-refractivity contribution in [2.75, 3.05) is 7.05 Å². The van der Waals surface area contributed by atoms with Crippen molar-refractivity contribution in [3.05, 3.63) is 52.5 Å². The number of likely N-dealkylation sites (N-methyl/N-ethyl adjacent to an activating group) is 1.